The molecule has 0 aliphatic carbocycles. The van der Waals surface area contributed by atoms with Crippen molar-refractivity contribution in [3.05, 3.63) is 29.8 Å². The summed E-state index contributed by atoms with van der Waals surface area (Å²) in [6.07, 6.45) is -4.20. The number of hydrogen-bond donors (Lipinski definition) is 3. The van der Waals surface area contributed by atoms with Crippen LogP contribution < -0.4 is 10.1 Å². The van der Waals surface area contributed by atoms with E-state index in [1.54, 1.807) is 6.92 Å². The Hall–Kier alpha value is -1.31. The molecule has 0 aliphatic heterocycles. The first-order valence-corrected chi connectivity index (χ1v) is 6.60. The molecule has 1 aromatic rings. The van der Waals surface area contributed by atoms with E-state index in [0.717, 1.165) is 5.56 Å². The second-order valence-electron chi connectivity index (χ2n) is 4.93. The standard InChI is InChI=1S/C14H20F3NO3/c1-3-13(8-19,9-20)18-10(2)11-4-6-12(7-5-11)21-14(15,16)17/h4-7,10,18-20H,3,8-9H2,1-2H3. The van der Waals surface area contributed by atoms with Crippen LogP contribution in [0.2, 0.25) is 0 Å². The summed E-state index contributed by atoms with van der Waals surface area (Å²) in [7, 11) is 0. The summed E-state index contributed by atoms with van der Waals surface area (Å²) in [6, 6.07) is 5.23. The molecule has 1 atom stereocenters. The molecule has 0 saturated carbocycles. The summed E-state index contributed by atoms with van der Waals surface area (Å²) in [6.45, 7) is 3.15. The Morgan fingerprint density at radius 1 is 1.14 bits per heavy atom. The van der Waals surface area contributed by atoms with E-state index in [0.29, 0.717) is 6.42 Å². The summed E-state index contributed by atoms with van der Waals surface area (Å²) >= 11 is 0. The van der Waals surface area contributed by atoms with Gasteiger partial charge in [-0.05, 0) is 31.0 Å². The first-order valence-electron chi connectivity index (χ1n) is 6.60. The van der Waals surface area contributed by atoms with Crippen LogP contribution in [0.25, 0.3) is 0 Å². The molecular weight excluding hydrogens is 287 g/mol. The Morgan fingerprint density at radius 3 is 2.05 bits per heavy atom. The number of halogens is 3. The summed E-state index contributed by atoms with van der Waals surface area (Å²) < 4.78 is 40.0. The van der Waals surface area contributed by atoms with E-state index in [9.17, 15) is 23.4 Å². The van der Waals surface area contributed by atoms with E-state index in [-0.39, 0.29) is 25.0 Å². The molecule has 0 bridgehead atoms. The highest BCUT2D eigenvalue weighted by Gasteiger charge is 2.31. The van der Waals surface area contributed by atoms with Gasteiger partial charge in [-0.15, -0.1) is 13.2 Å². The zero-order valence-corrected chi connectivity index (χ0v) is 11.9. The Morgan fingerprint density at radius 2 is 1.67 bits per heavy atom. The normalized spacial score (nSPS) is 14.0. The van der Waals surface area contributed by atoms with E-state index in [2.05, 4.69) is 10.1 Å². The average Bonchev–Trinajstić information content (AvgIpc) is 2.44. The lowest BCUT2D eigenvalue weighted by Crippen LogP contribution is -2.52. The van der Waals surface area contributed by atoms with Gasteiger partial charge in [0, 0.05) is 6.04 Å². The van der Waals surface area contributed by atoms with Crippen LogP contribution in [0.4, 0.5) is 13.2 Å². The fourth-order valence-corrected chi connectivity index (χ4v) is 1.97. The number of rotatable bonds is 7. The van der Waals surface area contributed by atoms with Crippen molar-refractivity contribution in [2.75, 3.05) is 13.2 Å². The van der Waals surface area contributed by atoms with Crippen molar-refractivity contribution >= 4 is 0 Å². The van der Waals surface area contributed by atoms with Gasteiger partial charge in [0.1, 0.15) is 5.75 Å². The van der Waals surface area contributed by atoms with Gasteiger partial charge in [-0.25, -0.2) is 0 Å². The third-order valence-electron chi connectivity index (χ3n) is 3.42. The van der Waals surface area contributed by atoms with Crippen molar-refractivity contribution in [1.29, 1.82) is 0 Å². The predicted molar refractivity (Wildman–Crippen MR) is 71.9 cm³/mol. The monoisotopic (exact) mass is 307 g/mol. The number of hydrogen-bond acceptors (Lipinski definition) is 4. The van der Waals surface area contributed by atoms with Crippen molar-refractivity contribution in [2.24, 2.45) is 0 Å². The highest BCUT2D eigenvalue weighted by molar-refractivity contribution is 5.29. The summed E-state index contributed by atoms with van der Waals surface area (Å²) in [5.74, 6) is -0.287. The van der Waals surface area contributed by atoms with Crippen molar-refractivity contribution in [1.82, 2.24) is 5.32 Å². The number of alkyl halides is 3. The molecule has 1 unspecified atom stereocenters. The molecule has 0 fully saturated rings. The van der Waals surface area contributed by atoms with Crippen molar-refractivity contribution in [3.8, 4) is 5.75 Å². The molecule has 0 aliphatic rings. The van der Waals surface area contributed by atoms with Crippen molar-refractivity contribution in [2.45, 2.75) is 38.2 Å². The number of aliphatic hydroxyl groups excluding tert-OH is 2. The Balaban J connectivity index is 2.77. The fourth-order valence-electron chi connectivity index (χ4n) is 1.97. The number of nitrogens with one attached hydrogen (secondary N) is 1. The van der Waals surface area contributed by atoms with E-state index < -0.39 is 11.9 Å². The first kappa shape index (κ1) is 17.7. The SMILES string of the molecule is CCC(CO)(CO)NC(C)c1ccc(OC(F)(F)F)cc1. The molecule has 0 amide bonds. The van der Waals surface area contributed by atoms with Gasteiger partial charge >= 0.3 is 6.36 Å². The van der Waals surface area contributed by atoms with Gasteiger partial charge in [0.2, 0.25) is 0 Å². The lowest BCUT2D eigenvalue weighted by atomic mass is 9.95. The number of ether oxygens (including phenoxy) is 1. The molecule has 1 rings (SSSR count). The predicted octanol–water partition coefficient (Wildman–Crippen LogP) is 2.37. The maximum Gasteiger partial charge on any atom is 0.573 e. The van der Waals surface area contributed by atoms with E-state index in [1.807, 2.05) is 6.92 Å². The highest BCUT2D eigenvalue weighted by atomic mass is 19.4. The van der Waals surface area contributed by atoms with Gasteiger partial charge in [-0.1, -0.05) is 19.1 Å². The second kappa shape index (κ2) is 7.11. The third-order valence-corrected chi connectivity index (χ3v) is 3.42. The molecular formula is C14H20F3NO3. The minimum absolute atomic E-state index is 0.236. The van der Waals surface area contributed by atoms with E-state index in [1.165, 1.54) is 24.3 Å². The molecule has 7 heteroatoms. The Kier molecular flexibility index (Phi) is 6.00. The zero-order chi connectivity index (χ0) is 16.1. The molecule has 0 radical (unpaired) electrons. The average molecular weight is 307 g/mol. The van der Waals surface area contributed by atoms with Gasteiger partial charge in [0.15, 0.2) is 0 Å². The topological polar surface area (TPSA) is 61.7 Å². The molecule has 4 nitrogen and oxygen atoms in total. The molecule has 120 valence electrons. The Labute approximate surface area is 121 Å². The molecule has 1 aromatic carbocycles. The molecule has 21 heavy (non-hydrogen) atoms. The van der Waals surface area contributed by atoms with Crippen LogP contribution in [0.1, 0.15) is 31.9 Å². The molecule has 3 N–H and O–H groups in total. The lowest BCUT2D eigenvalue weighted by Gasteiger charge is -2.33. The molecule has 0 saturated heterocycles. The van der Waals surface area contributed by atoms with Gasteiger partial charge in [-0.3, -0.25) is 0 Å². The van der Waals surface area contributed by atoms with Crippen molar-refractivity contribution in [3.63, 3.8) is 0 Å². The van der Waals surface area contributed by atoms with Crippen LogP contribution in [0.5, 0.6) is 5.75 Å². The molecule has 0 spiro atoms. The van der Waals surface area contributed by atoms with Gasteiger partial charge in [0.05, 0.1) is 18.8 Å². The smallest absolute Gasteiger partial charge is 0.406 e. The minimum atomic E-state index is -4.71. The summed E-state index contributed by atoms with van der Waals surface area (Å²) in [5.41, 5.74) is -0.0927. The van der Waals surface area contributed by atoms with Crippen molar-refractivity contribution < 1.29 is 28.1 Å². The van der Waals surface area contributed by atoms with Gasteiger partial charge < -0.3 is 20.3 Å². The van der Waals surface area contributed by atoms with Crippen LogP contribution in [0.3, 0.4) is 0 Å². The number of benzene rings is 1. The van der Waals surface area contributed by atoms with Crippen LogP contribution in [-0.2, 0) is 0 Å². The third kappa shape index (κ3) is 5.18. The molecule has 0 heterocycles. The van der Waals surface area contributed by atoms with E-state index >= 15 is 0 Å². The fraction of sp³-hybridized carbons (Fsp3) is 0.571. The van der Waals surface area contributed by atoms with Crippen LogP contribution in [0.15, 0.2) is 24.3 Å². The van der Waals surface area contributed by atoms with Gasteiger partial charge in [-0.2, -0.15) is 0 Å². The largest absolute Gasteiger partial charge is 0.573 e. The quantitative estimate of drug-likeness (QED) is 0.724. The maximum atomic E-state index is 12.1. The summed E-state index contributed by atoms with van der Waals surface area (Å²) in [4.78, 5) is 0. The first-order chi connectivity index (χ1) is 9.75. The summed E-state index contributed by atoms with van der Waals surface area (Å²) in [5, 5.41) is 21.9. The highest BCUT2D eigenvalue weighted by Crippen LogP contribution is 2.25. The zero-order valence-electron chi connectivity index (χ0n) is 11.9. The van der Waals surface area contributed by atoms with Crippen LogP contribution in [-0.4, -0.2) is 35.3 Å². The van der Waals surface area contributed by atoms with Crippen LogP contribution in [0, 0.1) is 0 Å². The second-order valence-corrected chi connectivity index (χ2v) is 4.93. The lowest BCUT2D eigenvalue weighted by molar-refractivity contribution is -0.274. The Bertz CT molecular complexity index is 422. The minimum Gasteiger partial charge on any atom is -0.406 e. The van der Waals surface area contributed by atoms with Crippen LogP contribution >= 0.6 is 0 Å². The maximum absolute atomic E-state index is 12.1. The van der Waals surface area contributed by atoms with Gasteiger partial charge in [0.25, 0.3) is 0 Å². The molecule has 0 aromatic heterocycles. The number of aliphatic hydroxyl groups is 2. The van der Waals surface area contributed by atoms with E-state index in [4.69, 9.17) is 0 Å².